The highest BCUT2D eigenvalue weighted by molar-refractivity contribution is 7.92. The SMILES string of the molecule is COc1ccc(S(=O)(=O)N(CC(=O)NCCCc2cccc(C)c2)c2cc(C)cc(C)c2)cc1OC. The second-order valence-electron chi connectivity index (χ2n) is 8.82. The maximum absolute atomic E-state index is 13.8. The van der Waals surface area contributed by atoms with E-state index in [1.165, 1.54) is 43.5 Å². The molecular weight excluding hydrogens is 476 g/mol. The van der Waals surface area contributed by atoms with E-state index in [2.05, 4.69) is 17.4 Å². The van der Waals surface area contributed by atoms with Gasteiger partial charge in [-0.15, -0.1) is 0 Å². The summed E-state index contributed by atoms with van der Waals surface area (Å²) in [7, 11) is -1.15. The number of aryl methyl sites for hydroxylation is 4. The fourth-order valence-corrected chi connectivity index (χ4v) is 5.51. The number of anilines is 1. The van der Waals surface area contributed by atoms with Crippen molar-refractivity contribution in [2.24, 2.45) is 0 Å². The van der Waals surface area contributed by atoms with Crippen LogP contribution in [0.5, 0.6) is 11.5 Å². The van der Waals surface area contributed by atoms with E-state index in [-0.39, 0.29) is 17.3 Å². The number of carbonyl (C=O) groups excluding carboxylic acids is 1. The van der Waals surface area contributed by atoms with Gasteiger partial charge in [-0.3, -0.25) is 9.10 Å². The monoisotopic (exact) mass is 510 g/mol. The van der Waals surface area contributed by atoms with Crippen molar-refractivity contribution in [2.75, 3.05) is 31.6 Å². The first-order valence-corrected chi connectivity index (χ1v) is 13.2. The molecular formula is C28H34N2O5S. The number of amides is 1. The largest absolute Gasteiger partial charge is 0.493 e. The van der Waals surface area contributed by atoms with Crippen LogP contribution in [0.4, 0.5) is 5.69 Å². The van der Waals surface area contributed by atoms with Crippen LogP contribution in [0.3, 0.4) is 0 Å². The summed E-state index contributed by atoms with van der Waals surface area (Å²) in [6, 6.07) is 18.1. The lowest BCUT2D eigenvalue weighted by molar-refractivity contribution is -0.119. The van der Waals surface area contributed by atoms with Crippen molar-refractivity contribution in [2.45, 2.75) is 38.5 Å². The minimum atomic E-state index is -4.08. The number of methoxy groups -OCH3 is 2. The molecule has 8 heteroatoms. The van der Waals surface area contributed by atoms with Gasteiger partial charge in [-0.1, -0.05) is 35.9 Å². The molecule has 3 aromatic carbocycles. The topological polar surface area (TPSA) is 84.9 Å². The Kier molecular flexibility index (Phi) is 8.98. The van der Waals surface area contributed by atoms with Crippen LogP contribution in [0.2, 0.25) is 0 Å². The average molecular weight is 511 g/mol. The van der Waals surface area contributed by atoms with Crippen molar-refractivity contribution in [3.8, 4) is 11.5 Å². The van der Waals surface area contributed by atoms with E-state index < -0.39 is 10.0 Å². The van der Waals surface area contributed by atoms with Gasteiger partial charge in [0.1, 0.15) is 6.54 Å². The molecule has 0 heterocycles. The zero-order chi connectivity index (χ0) is 26.3. The predicted molar refractivity (Wildman–Crippen MR) is 143 cm³/mol. The van der Waals surface area contributed by atoms with Gasteiger partial charge in [0.2, 0.25) is 5.91 Å². The lowest BCUT2D eigenvalue weighted by Crippen LogP contribution is -2.41. The molecule has 0 fully saturated rings. The Bertz CT molecular complexity index is 1300. The minimum absolute atomic E-state index is 0.00607. The molecule has 0 unspecified atom stereocenters. The summed E-state index contributed by atoms with van der Waals surface area (Å²) in [6.45, 7) is 5.94. The van der Waals surface area contributed by atoms with Crippen molar-refractivity contribution in [3.05, 3.63) is 82.9 Å². The van der Waals surface area contributed by atoms with Crippen LogP contribution >= 0.6 is 0 Å². The van der Waals surface area contributed by atoms with Gasteiger partial charge in [0.15, 0.2) is 11.5 Å². The number of carbonyl (C=O) groups is 1. The van der Waals surface area contributed by atoms with Gasteiger partial charge < -0.3 is 14.8 Å². The second-order valence-corrected chi connectivity index (χ2v) is 10.7. The molecule has 0 aliphatic heterocycles. The van der Waals surface area contributed by atoms with Gasteiger partial charge in [-0.25, -0.2) is 8.42 Å². The molecule has 0 aromatic heterocycles. The van der Waals surface area contributed by atoms with Gasteiger partial charge in [-0.05, 0) is 74.6 Å². The average Bonchev–Trinajstić information content (AvgIpc) is 2.84. The van der Waals surface area contributed by atoms with Gasteiger partial charge >= 0.3 is 0 Å². The lowest BCUT2D eigenvalue weighted by atomic mass is 10.1. The molecule has 0 radical (unpaired) electrons. The van der Waals surface area contributed by atoms with E-state index in [9.17, 15) is 13.2 Å². The highest BCUT2D eigenvalue weighted by atomic mass is 32.2. The molecule has 0 aliphatic rings. The Morgan fingerprint density at radius 3 is 2.19 bits per heavy atom. The smallest absolute Gasteiger partial charge is 0.264 e. The molecule has 3 aromatic rings. The fourth-order valence-electron chi connectivity index (χ4n) is 4.09. The normalized spacial score (nSPS) is 11.1. The second kappa shape index (κ2) is 11.9. The molecule has 0 aliphatic carbocycles. The Morgan fingerprint density at radius 1 is 0.861 bits per heavy atom. The van der Waals surface area contributed by atoms with Gasteiger partial charge in [0.25, 0.3) is 10.0 Å². The first-order valence-electron chi connectivity index (χ1n) is 11.8. The molecule has 0 atom stereocenters. The molecule has 192 valence electrons. The molecule has 0 spiro atoms. The molecule has 1 amide bonds. The number of benzene rings is 3. The van der Waals surface area contributed by atoms with Crippen molar-refractivity contribution in [3.63, 3.8) is 0 Å². The third-order valence-electron chi connectivity index (χ3n) is 5.77. The van der Waals surface area contributed by atoms with Gasteiger partial charge in [-0.2, -0.15) is 0 Å². The van der Waals surface area contributed by atoms with Gasteiger partial charge in [0, 0.05) is 12.6 Å². The quantitative estimate of drug-likeness (QED) is 0.382. The lowest BCUT2D eigenvalue weighted by Gasteiger charge is -2.25. The van der Waals surface area contributed by atoms with Crippen molar-refractivity contribution in [1.82, 2.24) is 5.32 Å². The van der Waals surface area contributed by atoms with Crippen LogP contribution in [0.1, 0.15) is 28.7 Å². The van der Waals surface area contributed by atoms with Crippen LogP contribution in [0.25, 0.3) is 0 Å². The maximum atomic E-state index is 13.8. The molecule has 1 N–H and O–H groups in total. The zero-order valence-corrected chi connectivity index (χ0v) is 22.3. The van der Waals surface area contributed by atoms with E-state index >= 15 is 0 Å². The predicted octanol–water partition coefficient (Wildman–Crippen LogP) is 4.57. The summed E-state index contributed by atoms with van der Waals surface area (Å²) < 4.78 is 39.2. The number of nitrogens with one attached hydrogen (secondary N) is 1. The van der Waals surface area contributed by atoms with Gasteiger partial charge in [0.05, 0.1) is 24.8 Å². The number of nitrogens with zero attached hydrogens (tertiary/aromatic N) is 1. The van der Waals surface area contributed by atoms with Crippen LogP contribution in [-0.2, 0) is 21.2 Å². The van der Waals surface area contributed by atoms with E-state index in [1.54, 1.807) is 12.1 Å². The first-order chi connectivity index (χ1) is 17.1. The number of hydrogen-bond acceptors (Lipinski definition) is 5. The Morgan fingerprint density at radius 2 is 1.56 bits per heavy atom. The summed E-state index contributed by atoms with van der Waals surface area (Å²) in [4.78, 5) is 12.9. The standard InChI is InChI=1S/C28H34N2O5S/c1-20-8-6-9-23(15-20)10-7-13-29-28(31)19-30(24-16-21(2)14-22(3)17-24)36(32,33)25-11-12-26(34-4)27(18-25)35-5/h6,8-9,11-12,14-18H,7,10,13,19H2,1-5H3,(H,29,31). The summed E-state index contributed by atoms with van der Waals surface area (Å²) in [5.74, 6) is 0.336. The van der Waals surface area contributed by atoms with Crippen LogP contribution in [0.15, 0.2) is 65.6 Å². The molecule has 7 nitrogen and oxygen atoms in total. The Balaban J connectivity index is 1.82. The van der Waals surface area contributed by atoms with Crippen LogP contribution in [-0.4, -0.2) is 41.6 Å². The summed E-state index contributed by atoms with van der Waals surface area (Å²) in [5.41, 5.74) is 4.63. The zero-order valence-electron chi connectivity index (χ0n) is 21.5. The van der Waals surface area contributed by atoms with E-state index in [0.717, 1.165) is 28.3 Å². The van der Waals surface area contributed by atoms with Crippen LogP contribution in [0, 0.1) is 20.8 Å². The van der Waals surface area contributed by atoms with Crippen LogP contribution < -0.4 is 19.1 Å². The van der Waals surface area contributed by atoms with Crippen molar-refractivity contribution in [1.29, 1.82) is 0 Å². The van der Waals surface area contributed by atoms with E-state index in [0.29, 0.717) is 23.7 Å². The molecule has 0 saturated heterocycles. The third kappa shape index (κ3) is 6.79. The van der Waals surface area contributed by atoms with E-state index in [1.807, 2.05) is 39.0 Å². The fraction of sp³-hybridized carbons (Fsp3) is 0.321. The number of rotatable bonds is 11. The third-order valence-corrected chi connectivity index (χ3v) is 7.54. The highest BCUT2D eigenvalue weighted by Gasteiger charge is 2.28. The van der Waals surface area contributed by atoms with Crippen molar-refractivity contribution >= 4 is 21.6 Å². The molecule has 36 heavy (non-hydrogen) atoms. The first kappa shape index (κ1) is 27.1. The van der Waals surface area contributed by atoms with E-state index in [4.69, 9.17) is 9.47 Å². The molecule has 0 saturated carbocycles. The molecule has 3 rings (SSSR count). The Labute approximate surface area is 214 Å². The Hall–Kier alpha value is -3.52. The number of hydrogen-bond donors (Lipinski definition) is 1. The summed E-state index contributed by atoms with van der Waals surface area (Å²) in [6.07, 6.45) is 1.58. The maximum Gasteiger partial charge on any atom is 0.264 e. The van der Waals surface area contributed by atoms with Crippen molar-refractivity contribution < 1.29 is 22.7 Å². The highest BCUT2D eigenvalue weighted by Crippen LogP contribution is 2.32. The summed E-state index contributed by atoms with van der Waals surface area (Å²) >= 11 is 0. The number of sulfonamides is 1. The minimum Gasteiger partial charge on any atom is -0.493 e. The summed E-state index contributed by atoms with van der Waals surface area (Å²) in [5, 5.41) is 2.87. The molecule has 0 bridgehead atoms. The number of ether oxygens (including phenoxy) is 2.